The van der Waals surface area contributed by atoms with Gasteiger partial charge < -0.3 is 5.11 Å². The highest BCUT2D eigenvalue weighted by Gasteiger charge is 2.32. The molecule has 0 aliphatic heterocycles. The van der Waals surface area contributed by atoms with E-state index in [1.807, 2.05) is 4.72 Å². The highest BCUT2D eigenvalue weighted by Crippen LogP contribution is 2.32. The molecule has 0 aromatic heterocycles. The van der Waals surface area contributed by atoms with Crippen LogP contribution in [0.1, 0.15) is 12.8 Å². The van der Waals surface area contributed by atoms with Gasteiger partial charge in [0.1, 0.15) is 17.5 Å². The van der Waals surface area contributed by atoms with Gasteiger partial charge in [-0.15, -0.1) is 0 Å². The second-order valence-electron chi connectivity index (χ2n) is 4.46. The first-order valence-electron chi connectivity index (χ1n) is 5.63. The molecule has 8 heteroatoms. The number of aliphatic hydroxyl groups excluding tert-OH is 1. The Kier molecular flexibility index (Phi) is 3.84. The molecule has 0 radical (unpaired) electrons. The van der Waals surface area contributed by atoms with E-state index in [0.29, 0.717) is 0 Å². The third-order valence-electron chi connectivity index (χ3n) is 2.88. The Morgan fingerprint density at radius 2 is 1.79 bits per heavy atom. The predicted molar refractivity (Wildman–Crippen MR) is 60.2 cm³/mol. The van der Waals surface area contributed by atoms with Gasteiger partial charge in [0, 0.05) is 18.7 Å². The lowest BCUT2D eigenvalue weighted by atomic mass is 10.2. The molecule has 1 aliphatic carbocycles. The maximum atomic E-state index is 13.3. The molecule has 0 saturated heterocycles. The zero-order valence-electron chi connectivity index (χ0n) is 9.74. The third-order valence-corrected chi connectivity index (χ3v) is 4.35. The van der Waals surface area contributed by atoms with Crippen molar-refractivity contribution in [3.8, 4) is 0 Å². The molecular formula is C11H12F3NO3S. The Labute approximate surface area is 108 Å². The van der Waals surface area contributed by atoms with Gasteiger partial charge in [-0.05, 0) is 18.8 Å². The molecule has 1 aromatic carbocycles. The molecule has 0 amide bonds. The molecule has 0 heterocycles. The SMILES string of the molecule is O=S(=O)(NCC(O)C1CC1)c1c(F)cc(F)cc1F. The topological polar surface area (TPSA) is 66.4 Å². The summed E-state index contributed by atoms with van der Waals surface area (Å²) in [7, 11) is -4.47. The first kappa shape index (κ1) is 14.3. The van der Waals surface area contributed by atoms with Gasteiger partial charge >= 0.3 is 0 Å². The Bertz CT molecular complexity index is 564. The van der Waals surface area contributed by atoms with Crippen LogP contribution in [-0.2, 0) is 10.0 Å². The van der Waals surface area contributed by atoms with E-state index in [1.165, 1.54) is 0 Å². The molecule has 1 atom stereocenters. The van der Waals surface area contributed by atoms with Gasteiger partial charge in [-0.25, -0.2) is 26.3 Å². The number of sulfonamides is 1. The van der Waals surface area contributed by atoms with Crippen molar-refractivity contribution in [2.75, 3.05) is 6.54 Å². The van der Waals surface area contributed by atoms with Gasteiger partial charge in [-0.3, -0.25) is 0 Å². The largest absolute Gasteiger partial charge is 0.391 e. The smallest absolute Gasteiger partial charge is 0.246 e. The number of rotatable bonds is 5. The summed E-state index contributed by atoms with van der Waals surface area (Å²) in [6, 6.07) is 0.573. The van der Waals surface area contributed by atoms with Gasteiger partial charge in [0.15, 0.2) is 4.90 Å². The molecule has 4 nitrogen and oxygen atoms in total. The monoisotopic (exact) mass is 295 g/mol. The quantitative estimate of drug-likeness (QED) is 0.856. The van der Waals surface area contributed by atoms with Crippen molar-refractivity contribution >= 4 is 10.0 Å². The van der Waals surface area contributed by atoms with E-state index in [0.717, 1.165) is 12.8 Å². The van der Waals surface area contributed by atoms with Gasteiger partial charge in [0.05, 0.1) is 6.10 Å². The van der Waals surface area contributed by atoms with E-state index in [4.69, 9.17) is 0 Å². The molecule has 0 spiro atoms. The van der Waals surface area contributed by atoms with Crippen LogP contribution in [0, 0.1) is 23.4 Å². The van der Waals surface area contributed by atoms with E-state index < -0.39 is 38.5 Å². The van der Waals surface area contributed by atoms with E-state index in [-0.39, 0.29) is 24.6 Å². The minimum atomic E-state index is -4.47. The maximum absolute atomic E-state index is 13.3. The lowest BCUT2D eigenvalue weighted by Gasteiger charge is -2.12. The molecule has 1 aliphatic rings. The molecule has 1 saturated carbocycles. The van der Waals surface area contributed by atoms with Crippen LogP contribution in [0.4, 0.5) is 13.2 Å². The van der Waals surface area contributed by atoms with Crippen LogP contribution in [0.3, 0.4) is 0 Å². The minimum absolute atomic E-state index is 0.0191. The van der Waals surface area contributed by atoms with Crippen molar-refractivity contribution in [1.82, 2.24) is 4.72 Å². The number of hydrogen-bond donors (Lipinski definition) is 2. The number of halogens is 3. The summed E-state index contributed by atoms with van der Waals surface area (Å²) in [6.45, 7) is -0.330. The average molecular weight is 295 g/mol. The summed E-state index contributed by atoms with van der Waals surface area (Å²) in [4.78, 5) is -1.24. The van der Waals surface area contributed by atoms with Crippen LogP contribution in [-0.4, -0.2) is 26.2 Å². The van der Waals surface area contributed by atoms with E-state index in [2.05, 4.69) is 0 Å². The predicted octanol–water partition coefficient (Wildman–Crippen LogP) is 1.15. The number of benzene rings is 1. The molecule has 1 fully saturated rings. The standard InChI is InChI=1S/C11H12F3NO3S/c12-7-3-8(13)11(9(14)4-7)19(17,18)15-5-10(16)6-1-2-6/h3-4,6,10,15-16H,1-2,5H2. The van der Waals surface area contributed by atoms with Crippen molar-refractivity contribution in [2.24, 2.45) is 5.92 Å². The second kappa shape index (κ2) is 5.10. The van der Waals surface area contributed by atoms with Crippen LogP contribution in [0.5, 0.6) is 0 Å². The van der Waals surface area contributed by atoms with Crippen LogP contribution >= 0.6 is 0 Å². The molecule has 0 bridgehead atoms. The number of hydrogen-bond acceptors (Lipinski definition) is 3. The van der Waals surface area contributed by atoms with Crippen molar-refractivity contribution < 1.29 is 26.7 Å². The summed E-state index contributed by atoms with van der Waals surface area (Å²) in [6.07, 6.45) is 0.700. The van der Waals surface area contributed by atoms with Crippen LogP contribution in [0.15, 0.2) is 17.0 Å². The van der Waals surface area contributed by atoms with Gasteiger partial charge in [0.25, 0.3) is 0 Å². The zero-order chi connectivity index (χ0) is 14.2. The molecule has 2 N–H and O–H groups in total. The van der Waals surface area contributed by atoms with Crippen molar-refractivity contribution in [1.29, 1.82) is 0 Å². The first-order valence-corrected chi connectivity index (χ1v) is 7.12. The minimum Gasteiger partial charge on any atom is -0.391 e. The normalized spacial score (nSPS) is 17.5. The summed E-state index contributed by atoms with van der Waals surface area (Å²) < 4.78 is 64.7. The van der Waals surface area contributed by atoms with E-state index in [9.17, 15) is 26.7 Å². The molecule has 106 valence electrons. The van der Waals surface area contributed by atoms with Crippen molar-refractivity contribution in [2.45, 2.75) is 23.8 Å². The maximum Gasteiger partial charge on any atom is 0.246 e. The highest BCUT2D eigenvalue weighted by atomic mass is 32.2. The van der Waals surface area contributed by atoms with Crippen LogP contribution in [0.25, 0.3) is 0 Å². The zero-order valence-corrected chi connectivity index (χ0v) is 10.6. The average Bonchev–Trinajstić information content (AvgIpc) is 3.07. The van der Waals surface area contributed by atoms with E-state index in [1.54, 1.807) is 0 Å². The van der Waals surface area contributed by atoms with Gasteiger partial charge in [-0.2, -0.15) is 0 Å². The van der Waals surface area contributed by atoms with Gasteiger partial charge in [0.2, 0.25) is 10.0 Å². The molecule has 19 heavy (non-hydrogen) atoms. The molecule has 1 aromatic rings. The van der Waals surface area contributed by atoms with Crippen molar-refractivity contribution in [3.05, 3.63) is 29.6 Å². The van der Waals surface area contributed by atoms with Crippen LogP contribution < -0.4 is 4.72 Å². The Hall–Kier alpha value is -1.12. The number of aliphatic hydroxyl groups is 1. The fraction of sp³-hybridized carbons (Fsp3) is 0.455. The molecular weight excluding hydrogens is 283 g/mol. The highest BCUT2D eigenvalue weighted by molar-refractivity contribution is 7.89. The third kappa shape index (κ3) is 3.26. The number of nitrogens with one attached hydrogen (secondary N) is 1. The van der Waals surface area contributed by atoms with E-state index >= 15 is 0 Å². The summed E-state index contributed by atoms with van der Waals surface area (Å²) in [5, 5.41) is 9.51. The fourth-order valence-corrected chi connectivity index (χ4v) is 2.87. The first-order chi connectivity index (χ1) is 8.81. The molecule has 1 unspecified atom stereocenters. The lowest BCUT2D eigenvalue weighted by Crippen LogP contribution is -2.34. The van der Waals surface area contributed by atoms with Crippen LogP contribution in [0.2, 0.25) is 0 Å². The Balaban J connectivity index is 2.19. The lowest BCUT2D eigenvalue weighted by molar-refractivity contribution is 0.155. The Morgan fingerprint density at radius 3 is 2.26 bits per heavy atom. The fourth-order valence-electron chi connectivity index (χ4n) is 1.70. The summed E-state index contributed by atoms with van der Waals surface area (Å²) in [5.74, 6) is -4.20. The second-order valence-corrected chi connectivity index (χ2v) is 6.16. The van der Waals surface area contributed by atoms with Crippen molar-refractivity contribution in [3.63, 3.8) is 0 Å². The Morgan fingerprint density at radius 1 is 1.26 bits per heavy atom. The van der Waals surface area contributed by atoms with Gasteiger partial charge in [-0.1, -0.05) is 0 Å². The molecule has 2 rings (SSSR count). The summed E-state index contributed by atoms with van der Waals surface area (Å²) in [5.41, 5.74) is 0. The summed E-state index contributed by atoms with van der Waals surface area (Å²) >= 11 is 0.